The molecule has 0 saturated carbocycles. The van der Waals surface area contributed by atoms with E-state index in [1.807, 2.05) is 26.0 Å². The third kappa shape index (κ3) is 6.50. The highest BCUT2D eigenvalue weighted by Gasteiger charge is 2.19. The standard InChI is InChI=1S/C24H24Br3N3O5/c1-4-7-19-29-17-9-8-15(25)11-16(17)24(32)30(19)28-12-14-10-18(33-5-2)23(22(27)21(14)26)35-13-20(31)34-6-3/h8-12H,4-7,13H2,1-3H3. The van der Waals surface area contributed by atoms with Crippen LogP contribution in [-0.2, 0) is 16.0 Å². The van der Waals surface area contributed by atoms with E-state index in [-0.39, 0.29) is 18.8 Å². The van der Waals surface area contributed by atoms with Crippen LogP contribution in [0, 0.1) is 0 Å². The summed E-state index contributed by atoms with van der Waals surface area (Å²) >= 11 is 10.5. The first-order valence-electron chi connectivity index (χ1n) is 11.0. The number of fused-ring (bicyclic) bond motifs is 1. The van der Waals surface area contributed by atoms with Gasteiger partial charge in [0.2, 0.25) is 0 Å². The topological polar surface area (TPSA) is 92.0 Å². The first kappa shape index (κ1) is 27.3. The van der Waals surface area contributed by atoms with Gasteiger partial charge in [-0.25, -0.2) is 9.78 Å². The van der Waals surface area contributed by atoms with Gasteiger partial charge in [0.15, 0.2) is 18.1 Å². The van der Waals surface area contributed by atoms with Crippen molar-refractivity contribution in [1.29, 1.82) is 0 Å². The SMILES string of the molecule is CCCc1nc2ccc(Br)cc2c(=O)n1N=Cc1cc(OCC)c(OCC(=O)OCC)c(Br)c1Br. The molecule has 0 fully saturated rings. The number of esters is 1. The van der Waals surface area contributed by atoms with E-state index < -0.39 is 5.97 Å². The Bertz CT molecular complexity index is 1320. The monoisotopic (exact) mass is 671 g/mol. The molecule has 186 valence electrons. The third-order valence-electron chi connectivity index (χ3n) is 4.76. The van der Waals surface area contributed by atoms with Crippen LogP contribution >= 0.6 is 47.8 Å². The minimum absolute atomic E-state index is 0.259. The first-order chi connectivity index (χ1) is 16.8. The number of rotatable bonds is 10. The Morgan fingerprint density at radius 3 is 2.54 bits per heavy atom. The lowest BCUT2D eigenvalue weighted by Gasteiger charge is -2.16. The van der Waals surface area contributed by atoms with E-state index >= 15 is 0 Å². The average Bonchev–Trinajstić information content (AvgIpc) is 2.82. The maximum atomic E-state index is 13.3. The lowest BCUT2D eigenvalue weighted by Crippen LogP contribution is -2.22. The van der Waals surface area contributed by atoms with Crippen molar-refractivity contribution >= 4 is 70.9 Å². The fraction of sp³-hybridized carbons (Fsp3) is 0.333. The molecule has 1 aromatic heterocycles. The van der Waals surface area contributed by atoms with Crippen molar-refractivity contribution in [2.45, 2.75) is 33.6 Å². The second kappa shape index (κ2) is 12.6. The number of carbonyl (C=O) groups is 1. The molecule has 3 aromatic rings. The smallest absolute Gasteiger partial charge is 0.344 e. The zero-order valence-electron chi connectivity index (χ0n) is 19.4. The van der Waals surface area contributed by atoms with Crippen molar-refractivity contribution in [2.24, 2.45) is 5.10 Å². The number of hydrogen-bond acceptors (Lipinski definition) is 7. The van der Waals surface area contributed by atoms with Crippen LogP contribution in [0.15, 0.2) is 47.6 Å². The van der Waals surface area contributed by atoms with E-state index in [0.717, 1.165) is 10.9 Å². The highest BCUT2D eigenvalue weighted by Crippen LogP contribution is 2.42. The number of aryl methyl sites for hydroxylation is 1. The van der Waals surface area contributed by atoms with E-state index in [2.05, 4.69) is 57.9 Å². The molecule has 0 unspecified atom stereocenters. The van der Waals surface area contributed by atoms with Crippen LogP contribution in [0.25, 0.3) is 10.9 Å². The van der Waals surface area contributed by atoms with Crippen molar-refractivity contribution in [3.63, 3.8) is 0 Å². The maximum Gasteiger partial charge on any atom is 0.344 e. The predicted molar refractivity (Wildman–Crippen MR) is 146 cm³/mol. The summed E-state index contributed by atoms with van der Waals surface area (Å²) in [5.41, 5.74) is 0.997. The zero-order valence-corrected chi connectivity index (χ0v) is 24.2. The van der Waals surface area contributed by atoms with E-state index in [0.29, 0.717) is 55.8 Å². The van der Waals surface area contributed by atoms with Crippen molar-refractivity contribution < 1.29 is 19.0 Å². The minimum atomic E-state index is -0.484. The average molecular weight is 674 g/mol. The van der Waals surface area contributed by atoms with Gasteiger partial charge in [0.05, 0.1) is 34.8 Å². The van der Waals surface area contributed by atoms with E-state index in [1.54, 1.807) is 25.3 Å². The first-order valence-corrected chi connectivity index (χ1v) is 13.4. The quantitative estimate of drug-likeness (QED) is 0.198. The van der Waals surface area contributed by atoms with Gasteiger partial charge in [-0.3, -0.25) is 4.79 Å². The molecule has 1 heterocycles. The van der Waals surface area contributed by atoms with Gasteiger partial charge >= 0.3 is 5.97 Å². The molecule has 0 saturated heterocycles. The predicted octanol–water partition coefficient (Wildman–Crippen LogP) is 5.86. The molecule has 0 radical (unpaired) electrons. The van der Waals surface area contributed by atoms with Gasteiger partial charge in [0.1, 0.15) is 5.82 Å². The van der Waals surface area contributed by atoms with Crippen molar-refractivity contribution in [3.05, 3.63) is 59.4 Å². The largest absolute Gasteiger partial charge is 0.490 e. The molecule has 0 atom stereocenters. The summed E-state index contributed by atoms with van der Waals surface area (Å²) in [6.07, 6.45) is 2.95. The van der Waals surface area contributed by atoms with Crippen LogP contribution in [-0.4, -0.2) is 41.7 Å². The third-order valence-corrected chi connectivity index (χ3v) is 7.39. The molecule has 0 aliphatic rings. The zero-order chi connectivity index (χ0) is 25.5. The summed E-state index contributed by atoms with van der Waals surface area (Å²) in [4.78, 5) is 29.7. The molecule has 2 aromatic carbocycles. The summed E-state index contributed by atoms with van der Waals surface area (Å²) in [5, 5.41) is 4.95. The second-order valence-electron chi connectivity index (χ2n) is 7.25. The second-order valence-corrected chi connectivity index (χ2v) is 9.75. The van der Waals surface area contributed by atoms with Gasteiger partial charge in [-0.15, -0.1) is 0 Å². The van der Waals surface area contributed by atoms with Crippen molar-refractivity contribution in [1.82, 2.24) is 9.66 Å². The Morgan fingerprint density at radius 1 is 1.09 bits per heavy atom. The molecule has 0 aliphatic carbocycles. The molecule has 0 bridgehead atoms. The number of aromatic nitrogens is 2. The fourth-order valence-electron chi connectivity index (χ4n) is 3.25. The highest BCUT2D eigenvalue weighted by molar-refractivity contribution is 9.13. The van der Waals surface area contributed by atoms with Crippen LogP contribution in [0.2, 0.25) is 0 Å². The molecule has 11 heteroatoms. The van der Waals surface area contributed by atoms with Crippen LogP contribution in [0.3, 0.4) is 0 Å². The van der Waals surface area contributed by atoms with Crippen molar-refractivity contribution in [2.75, 3.05) is 19.8 Å². The van der Waals surface area contributed by atoms with E-state index in [9.17, 15) is 9.59 Å². The summed E-state index contributed by atoms with van der Waals surface area (Å²) < 4.78 is 19.6. The highest BCUT2D eigenvalue weighted by atomic mass is 79.9. The molecule has 35 heavy (non-hydrogen) atoms. The molecule has 0 amide bonds. The lowest BCUT2D eigenvalue weighted by atomic mass is 10.2. The van der Waals surface area contributed by atoms with E-state index in [4.69, 9.17) is 14.2 Å². The number of carbonyl (C=O) groups excluding carboxylic acids is 1. The van der Waals surface area contributed by atoms with Crippen LogP contribution in [0.1, 0.15) is 38.6 Å². The molecular weight excluding hydrogens is 650 g/mol. The summed E-state index contributed by atoms with van der Waals surface area (Å²) in [6, 6.07) is 7.12. The molecular formula is C24H24Br3N3O5. The maximum absolute atomic E-state index is 13.3. The number of hydrogen-bond donors (Lipinski definition) is 0. The Morgan fingerprint density at radius 2 is 1.86 bits per heavy atom. The Hall–Kier alpha value is -2.24. The van der Waals surface area contributed by atoms with Crippen LogP contribution in [0.5, 0.6) is 11.5 Å². The Balaban J connectivity index is 2.06. The summed E-state index contributed by atoms with van der Waals surface area (Å²) in [6.45, 7) is 5.97. The Kier molecular flexibility index (Phi) is 9.88. The number of ether oxygens (including phenoxy) is 3. The van der Waals surface area contributed by atoms with Gasteiger partial charge in [-0.2, -0.15) is 9.78 Å². The summed E-state index contributed by atoms with van der Waals surface area (Å²) in [7, 11) is 0. The number of benzene rings is 2. The number of halogens is 3. The molecule has 3 rings (SSSR count). The van der Waals surface area contributed by atoms with E-state index in [1.165, 1.54) is 4.68 Å². The van der Waals surface area contributed by atoms with Gasteiger partial charge in [0, 0.05) is 20.9 Å². The fourth-order valence-corrected chi connectivity index (χ4v) is 4.55. The van der Waals surface area contributed by atoms with Gasteiger partial charge in [-0.1, -0.05) is 22.9 Å². The van der Waals surface area contributed by atoms with Gasteiger partial charge < -0.3 is 14.2 Å². The van der Waals surface area contributed by atoms with Crippen LogP contribution in [0.4, 0.5) is 0 Å². The molecule has 0 N–H and O–H groups in total. The Labute approximate surface area is 228 Å². The lowest BCUT2D eigenvalue weighted by molar-refractivity contribution is -0.145. The molecule has 0 aliphatic heterocycles. The summed E-state index contributed by atoms with van der Waals surface area (Å²) in [5.74, 6) is 0.847. The molecule has 8 nitrogen and oxygen atoms in total. The van der Waals surface area contributed by atoms with Crippen molar-refractivity contribution in [3.8, 4) is 11.5 Å². The van der Waals surface area contributed by atoms with Gasteiger partial charge in [-0.05, 0) is 76.4 Å². The minimum Gasteiger partial charge on any atom is -0.490 e. The molecule has 0 spiro atoms. The van der Waals surface area contributed by atoms with Crippen LogP contribution < -0.4 is 15.0 Å². The normalized spacial score (nSPS) is 11.3. The number of nitrogens with zero attached hydrogens (tertiary/aromatic N) is 3. The van der Waals surface area contributed by atoms with Gasteiger partial charge in [0.25, 0.3) is 5.56 Å².